The first kappa shape index (κ1) is 20.1. The average Bonchev–Trinajstić information content (AvgIpc) is 3.31. The van der Waals surface area contributed by atoms with Crippen molar-refractivity contribution in [3.63, 3.8) is 0 Å². The van der Waals surface area contributed by atoms with Crippen LogP contribution in [0.5, 0.6) is 0 Å². The predicted molar refractivity (Wildman–Crippen MR) is 121 cm³/mol. The van der Waals surface area contributed by atoms with Crippen molar-refractivity contribution in [1.29, 1.82) is 0 Å². The van der Waals surface area contributed by atoms with Gasteiger partial charge in [0.05, 0.1) is 11.5 Å². The molecule has 3 aromatic carbocycles. The van der Waals surface area contributed by atoms with E-state index in [1.54, 1.807) is 12.1 Å². The van der Waals surface area contributed by atoms with E-state index in [1.807, 2.05) is 36.4 Å². The van der Waals surface area contributed by atoms with Crippen molar-refractivity contribution in [2.24, 2.45) is 0 Å². The SMILES string of the molecule is O=S(=O)(Nc1ncns1)c1ccc2c(C3(c4ccccc4)CNCCO3)cccc2c1. The summed E-state index contributed by atoms with van der Waals surface area (Å²) in [7, 11) is -3.77. The minimum absolute atomic E-state index is 0.170. The van der Waals surface area contributed by atoms with Crippen LogP contribution in [-0.4, -0.2) is 37.5 Å². The Hall–Kier alpha value is -2.85. The summed E-state index contributed by atoms with van der Waals surface area (Å²) in [6.07, 6.45) is 1.32. The van der Waals surface area contributed by atoms with Crippen LogP contribution in [0.25, 0.3) is 10.8 Å². The smallest absolute Gasteiger partial charge is 0.263 e. The van der Waals surface area contributed by atoms with Gasteiger partial charge in [-0.1, -0.05) is 54.6 Å². The van der Waals surface area contributed by atoms with E-state index in [-0.39, 0.29) is 10.0 Å². The number of ether oxygens (including phenoxy) is 1. The summed E-state index contributed by atoms with van der Waals surface area (Å²) in [5.74, 6) is 0. The fourth-order valence-corrected chi connectivity index (χ4v) is 5.70. The maximum atomic E-state index is 12.8. The van der Waals surface area contributed by atoms with E-state index in [0.717, 1.165) is 40.0 Å². The molecule has 1 saturated heterocycles. The largest absolute Gasteiger partial charge is 0.363 e. The van der Waals surface area contributed by atoms with Crippen LogP contribution in [0.3, 0.4) is 0 Å². The molecule has 2 heterocycles. The number of benzene rings is 3. The monoisotopic (exact) mass is 452 g/mol. The summed E-state index contributed by atoms with van der Waals surface area (Å²) < 4.78 is 38.3. The van der Waals surface area contributed by atoms with Gasteiger partial charge in [0.25, 0.3) is 10.0 Å². The molecule has 1 aliphatic rings. The van der Waals surface area contributed by atoms with Crippen molar-refractivity contribution in [3.8, 4) is 0 Å². The number of nitrogens with zero attached hydrogens (tertiary/aromatic N) is 2. The number of hydrogen-bond acceptors (Lipinski definition) is 7. The van der Waals surface area contributed by atoms with Gasteiger partial charge < -0.3 is 10.1 Å². The first-order chi connectivity index (χ1) is 15.1. The van der Waals surface area contributed by atoms with E-state index in [1.165, 1.54) is 6.33 Å². The molecule has 9 heteroatoms. The van der Waals surface area contributed by atoms with Gasteiger partial charge >= 0.3 is 0 Å². The molecule has 1 fully saturated rings. The van der Waals surface area contributed by atoms with Crippen molar-refractivity contribution in [2.75, 3.05) is 24.4 Å². The Bertz CT molecular complexity index is 1300. The first-order valence-electron chi connectivity index (χ1n) is 9.81. The van der Waals surface area contributed by atoms with Gasteiger partial charge in [0.2, 0.25) is 5.13 Å². The third kappa shape index (κ3) is 3.70. The van der Waals surface area contributed by atoms with Crippen molar-refractivity contribution < 1.29 is 13.2 Å². The minimum Gasteiger partial charge on any atom is -0.363 e. The molecule has 0 radical (unpaired) electrons. The molecule has 1 aromatic heterocycles. The number of anilines is 1. The van der Waals surface area contributed by atoms with Crippen molar-refractivity contribution in [2.45, 2.75) is 10.5 Å². The van der Waals surface area contributed by atoms with Crippen LogP contribution in [-0.2, 0) is 20.4 Å². The quantitative estimate of drug-likeness (QED) is 0.482. The lowest BCUT2D eigenvalue weighted by molar-refractivity contribution is -0.0393. The summed E-state index contributed by atoms with van der Waals surface area (Å²) in [6, 6.07) is 21.2. The van der Waals surface area contributed by atoms with Crippen LogP contribution in [0.15, 0.2) is 78.0 Å². The zero-order chi connectivity index (χ0) is 21.3. The third-order valence-corrected chi connectivity index (χ3v) is 7.47. The Morgan fingerprint density at radius 3 is 2.68 bits per heavy atom. The predicted octanol–water partition coefficient (Wildman–Crippen LogP) is 3.36. The molecule has 1 unspecified atom stereocenters. The van der Waals surface area contributed by atoms with E-state index in [9.17, 15) is 8.42 Å². The molecule has 1 atom stereocenters. The van der Waals surface area contributed by atoms with Crippen LogP contribution in [0.4, 0.5) is 5.13 Å². The van der Waals surface area contributed by atoms with E-state index in [4.69, 9.17) is 4.74 Å². The highest BCUT2D eigenvalue weighted by molar-refractivity contribution is 7.93. The van der Waals surface area contributed by atoms with Gasteiger partial charge in [-0.15, -0.1) is 0 Å². The molecule has 0 saturated carbocycles. The van der Waals surface area contributed by atoms with Crippen LogP contribution in [0.2, 0.25) is 0 Å². The topological polar surface area (TPSA) is 93.2 Å². The Balaban J connectivity index is 1.62. The van der Waals surface area contributed by atoms with Gasteiger partial charge in [-0.3, -0.25) is 4.72 Å². The molecule has 4 aromatic rings. The third-order valence-electron chi connectivity index (χ3n) is 5.42. The van der Waals surface area contributed by atoms with Crippen LogP contribution >= 0.6 is 11.5 Å². The van der Waals surface area contributed by atoms with E-state index < -0.39 is 15.6 Å². The highest BCUT2D eigenvalue weighted by Crippen LogP contribution is 2.39. The molecule has 0 spiro atoms. The van der Waals surface area contributed by atoms with Crippen LogP contribution in [0, 0.1) is 0 Å². The standard InChI is InChI=1S/C22H20N4O3S2/c27-31(28,26-21-24-15-25-30-21)18-9-10-19-16(13-18)5-4-8-20(19)22(14-23-11-12-29-22)17-6-2-1-3-7-17/h1-10,13,15,23H,11-12,14H2,(H,24,25,26). The van der Waals surface area contributed by atoms with E-state index in [0.29, 0.717) is 13.2 Å². The zero-order valence-corrected chi connectivity index (χ0v) is 18.1. The molecule has 0 aliphatic carbocycles. The second-order valence-corrected chi connectivity index (χ2v) is 9.72. The number of sulfonamides is 1. The lowest BCUT2D eigenvalue weighted by Crippen LogP contribution is -2.48. The van der Waals surface area contributed by atoms with E-state index in [2.05, 4.69) is 37.6 Å². The number of fused-ring (bicyclic) bond motifs is 1. The highest BCUT2D eigenvalue weighted by atomic mass is 32.2. The fraction of sp³-hybridized carbons (Fsp3) is 0.182. The second kappa shape index (κ2) is 8.01. The normalized spacial score (nSPS) is 19.4. The number of rotatable bonds is 5. The van der Waals surface area contributed by atoms with Crippen LogP contribution < -0.4 is 10.0 Å². The number of hydrogen-bond donors (Lipinski definition) is 2. The lowest BCUT2D eigenvalue weighted by Gasteiger charge is -2.39. The molecule has 31 heavy (non-hydrogen) atoms. The molecular weight excluding hydrogens is 432 g/mol. The van der Waals surface area contributed by atoms with Gasteiger partial charge in [0.15, 0.2) is 0 Å². The second-order valence-electron chi connectivity index (χ2n) is 7.26. The van der Waals surface area contributed by atoms with Gasteiger partial charge in [-0.05, 0) is 34.0 Å². The number of morpholine rings is 1. The van der Waals surface area contributed by atoms with Crippen molar-refractivity contribution in [1.82, 2.24) is 14.7 Å². The van der Waals surface area contributed by atoms with Gasteiger partial charge in [-0.25, -0.2) is 13.4 Å². The zero-order valence-electron chi connectivity index (χ0n) is 16.5. The molecule has 5 rings (SSSR count). The minimum atomic E-state index is -3.77. The van der Waals surface area contributed by atoms with Gasteiger partial charge in [0.1, 0.15) is 11.9 Å². The molecule has 2 N–H and O–H groups in total. The summed E-state index contributed by atoms with van der Waals surface area (Å²) in [5.41, 5.74) is 1.42. The molecular formula is C22H20N4O3S2. The Morgan fingerprint density at radius 1 is 1.06 bits per heavy atom. The Morgan fingerprint density at radius 2 is 1.94 bits per heavy atom. The number of aromatic nitrogens is 2. The molecule has 0 amide bonds. The molecule has 1 aliphatic heterocycles. The number of nitrogens with one attached hydrogen (secondary N) is 2. The van der Waals surface area contributed by atoms with E-state index >= 15 is 0 Å². The summed E-state index contributed by atoms with van der Waals surface area (Å²) in [6.45, 7) is 2.01. The highest BCUT2D eigenvalue weighted by Gasteiger charge is 2.38. The summed E-state index contributed by atoms with van der Waals surface area (Å²) >= 11 is 0.992. The van der Waals surface area contributed by atoms with Crippen molar-refractivity contribution >= 4 is 37.5 Å². The molecule has 7 nitrogen and oxygen atoms in total. The maximum absolute atomic E-state index is 12.8. The maximum Gasteiger partial charge on any atom is 0.263 e. The van der Waals surface area contributed by atoms with Crippen LogP contribution in [0.1, 0.15) is 11.1 Å². The van der Waals surface area contributed by atoms with Gasteiger partial charge in [-0.2, -0.15) is 4.37 Å². The average molecular weight is 453 g/mol. The molecule has 0 bridgehead atoms. The Kier molecular flexibility index (Phi) is 5.19. The lowest BCUT2D eigenvalue weighted by atomic mass is 9.82. The van der Waals surface area contributed by atoms with Gasteiger partial charge in [0, 0.05) is 24.6 Å². The summed E-state index contributed by atoms with van der Waals surface area (Å²) in [5, 5.41) is 5.46. The first-order valence-corrected chi connectivity index (χ1v) is 12.1. The fourth-order valence-electron chi connectivity index (χ4n) is 4.01. The Labute approximate surface area is 184 Å². The van der Waals surface area contributed by atoms with Crippen molar-refractivity contribution in [3.05, 3.63) is 84.2 Å². The molecule has 158 valence electrons. The summed E-state index contributed by atoms with van der Waals surface area (Å²) in [4.78, 5) is 4.07.